The van der Waals surface area contributed by atoms with Gasteiger partial charge in [0.15, 0.2) is 0 Å². The molecule has 22 heavy (non-hydrogen) atoms. The maximum atomic E-state index is 12.2. The summed E-state index contributed by atoms with van der Waals surface area (Å²) in [6.45, 7) is 0.584. The summed E-state index contributed by atoms with van der Waals surface area (Å²) >= 11 is 0. The van der Waals surface area contributed by atoms with E-state index in [4.69, 9.17) is 0 Å². The number of rotatable bonds is 3. The average Bonchev–Trinajstić information content (AvgIpc) is 2.57. The van der Waals surface area contributed by atoms with Gasteiger partial charge in [-0.05, 0) is 36.5 Å². The Bertz CT molecular complexity index is 576. The summed E-state index contributed by atoms with van der Waals surface area (Å²) in [6.07, 6.45) is 7.05. The lowest BCUT2D eigenvalue weighted by Gasteiger charge is -2.26. The monoisotopic (exact) mass is 300 g/mol. The smallest absolute Gasteiger partial charge is 0.227 e. The van der Waals surface area contributed by atoms with Crippen molar-refractivity contribution in [2.24, 2.45) is 5.92 Å². The molecule has 0 atom stereocenters. The fourth-order valence-electron chi connectivity index (χ4n) is 3.52. The van der Waals surface area contributed by atoms with Crippen molar-refractivity contribution in [3.8, 4) is 0 Å². The van der Waals surface area contributed by atoms with Crippen molar-refractivity contribution in [2.75, 3.05) is 11.9 Å². The standard InChI is InChI=1S/C18H24N2O2/c1-20-16-9-7-13(11-15(16)8-10-17(20)21)12-19-18(22)14-5-3-2-4-6-14/h7,9,11,14H,2-6,8,10,12H2,1H3,(H,19,22). The molecule has 0 bridgehead atoms. The summed E-state index contributed by atoms with van der Waals surface area (Å²) < 4.78 is 0. The molecular weight excluding hydrogens is 276 g/mol. The number of benzene rings is 1. The van der Waals surface area contributed by atoms with Crippen LogP contribution in [-0.4, -0.2) is 18.9 Å². The fraction of sp³-hybridized carbons (Fsp3) is 0.556. The minimum Gasteiger partial charge on any atom is -0.352 e. The van der Waals surface area contributed by atoms with E-state index in [1.807, 2.05) is 19.2 Å². The topological polar surface area (TPSA) is 49.4 Å². The van der Waals surface area contributed by atoms with Crippen molar-refractivity contribution < 1.29 is 9.59 Å². The third-order valence-electron chi connectivity index (χ3n) is 4.93. The van der Waals surface area contributed by atoms with Gasteiger partial charge in [0.1, 0.15) is 0 Å². The van der Waals surface area contributed by atoms with E-state index in [9.17, 15) is 9.59 Å². The normalized spacial score (nSPS) is 19.0. The van der Waals surface area contributed by atoms with Gasteiger partial charge in [-0.2, -0.15) is 0 Å². The Kier molecular flexibility index (Phi) is 4.46. The third kappa shape index (κ3) is 3.16. The summed E-state index contributed by atoms with van der Waals surface area (Å²) in [6, 6.07) is 6.13. The summed E-state index contributed by atoms with van der Waals surface area (Å²) in [5, 5.41) is 3.08. The van der Waals surface area contributed by atoms with Gasteiger partial charge in [-0.1, -0.05) is 31.4 Å². The van der Waals surface area contributed by atoms with Crippen LogP contribution in [0.4, 0.5) is 5.69 Å². The zero-order valence-electron chi connectivity index (χ0n) is 13.2. The SMILES string of the molecule is CN1C(=O)CCc2cc(CNC(=O)C3CCCCC3)ccc21. The molecule has 1 aromatic carbocycles. The highest BCUT2D eigenvalue weighted by atomic mass is 16.2. The lowest BCUT2D eigenvalue weighted by Crippen LogP contribution is -2.32. The number of hydrogen-bond donors (Lipinski definition) is 1. The first-order valence-electron chi connectivity index (χ1n) is 8.31. The zero-order chi connectivity index (χ0) is 15.5. The van der Waals surface area contributed by atoms with Crippen molar-refractivity contribution in [2.45, 2.75) is 51.5 Å². The van der Waals surface area contributed by atoms with Crippen LogP contribution in [0.2, 0.25) is 0 Å². The third-order valence-corrected chi connectivity index (χ3v) is 4.93. The van der Waals surface area contributed by atoms with E-state index in [1.54, 1.807) is 4.90 Å². The number of nitrogens with one attached hydrogen (secondary N) is 1. The van der Waals surface area contributed by atoms with Gasteiger partial charge in [-0.3, -0.25) is 9.59 Å². The van der Waals surface area contributed by atoms with Crippen molar-refractivity contribution in [3.63, 3.8) is 0 Å². The molecule has 1 aliphatic carbocycles. The average molecular weight is 300 g/mol. The minimum atomic E-state index is 0.172. The Morgan fingerprint density at radius 1 is 1.23 bits per heavy atom. The van der Waals surface area contributed by atoms with Gasteiger partial charge >= 0.3 is 0 Å². The van der Waals surface area contributed by atoms with Crippen LogP contribution >= 0.6 is 0 Å². The first-order valence-corrected chi connectivity index (χ1v) is 8.31. The maximum absolute atomic E-state index is 12.2. The van der Waals surface area contributed by atoms with Gasteiger partial charge in [0.25, 0.3) is 0 Å². The van der Waals surface area contributed by atoms with Gasteiger partial charge in [-0.25, -0.2) is 0 Å². The highest BCUT2D eigenvalue weighted by Gasteiger charge is 2.22. The molecule has 1 fully saturated rings. The highest BCUT2D eigenvalue weighted by Crippen LogP contribution is 2.28. The zero-order valence-corrected chi connectivity index (χ0v) is 13.2. The van der Waals surface area contributed by atoms with Crippen LogP contribution in [0.25, 0.3) is 0 Å². The molecule has 0 spiro atoms. The predicted octanol–water partition coefficient (Wildman–Crippen LogP) is 2.79. The Morgan fingerprint density at radius 3 is 2.77 bits per heavy atom. The van der Waals surface area contributed by atoms with E-state index in [1.165, 1.54) is 24.8 Å². The molecule has 1 saturated carbocycles. The molecular formula is C18H24N2O2. The van der Waals surface area contributed by atoms with E-state index in [2.05, 4.69) is 11.4 Å². The van der Waals surface area contributed by atoms with Crippen molar-refractivity contribution in [1.29, 1.82) is 0 Å². The number of nitrogens with zero attached hydrogens (tertiary/aromatic N) is 1. The molecule has 0 saturated heterocycles. The predicted molar refractivity (Wildman–Crippen MR) is 86.6 cm³/mol. The Hall–Kier alpha value is -1.84. The molecule has 0 unspecified atom stereocenters. The van der Waals surface area contributed by atoms with E-state index < -0.39 is 0 Å². The lowest BCUT2D eigenvalue weighted by atomic mass is 9.88. The van der Waals surface area contributed by atoms with Crippen LogP contribution < -0.4 is 10.2 Å². The maximum Gasteiger partial charge on any atom is 0.227 e. The molecule has 2 amide bonds. The molecule has 4 heteroatoms. The summed E-state index contributed by atoms with van der Waals surface area (Å²) in [5.41, 5.74) is 3.32. The molecule has 1 heterocycles. The molecule has 2 aliphatic rings. The van der Waals surface area contributed by atoms with Crippen molar-refractivity contribution in [3.05, 3.63) is 29.3 Å². The number of anilines is 1. The van der Waals surface area contributed by atoms with Gasteiger partial charge in [0.05, 0.1) is 0 Å². The molecule has 1 aliphatic heterocycles. The van der Waals surface area contributed by atoms with Crippen molar-refractivity contribution >= 4 is 17.5 Å². The molecule has 1 N–H and O–H groups in total. The number of hydrogen-bond acceptors (Lipinski definition) is 2. The van der Waals surface area contributed by atoms with Crippen molar-refractivity contribution in [1.82, 2.24) is 5.32 Å². The second-order valence-corrected chi connectivity index (χ2v) is 6.47. The van der Waals surface area contributed by atoms with Gasteiger partial charge in [0.2, 0.25) is 11.8 Å². The van der Waals surface area contributed by atoms with Crippen LogP contribution in [0, 0.1) is 5.92 Å². The van der Waals surface area contributed by atoms with E-state index in [0.29, 0.717) is 13.0 Å². The quantitative estimate of drug-likeness (QED) is 0.933. The summed E-state index contributed by atoms with van der Waals surface area (Å²) in [4.78, 5) is 25.6. The number of carbonyl (C=O) groups excluding carboxylic acids is 2. The molecule has 118 valence electrons. The van der Waals surface area contributed by atoms with Crippen LogP contribution in [0.3, 0.4) is 0 Å². The fourth-order valence-corrected chi connectivity index (χ4v) is 3.52. The number of aryl methyl sites for hydroxylation is 1. The van der Waals surface area contributed by atoms with Crippen LogP contribution in [0.5, 0.6) is 0 Å². The number of fused-ring (bicyclic) bond motifs is 1. The summed E-state index contributed by atoms with van der Waals surface area (Å²) in [5.74, 6) is 0.575. The molecule has 1 aromatic rings. The Labute approximate surface area is 131 Å². The van der Waals surface area contributed by atoms with Crippen LogP contribution in [-0.2, 0) is 22.6 Å². The van der Waals surface area contributed by atoms with E-state index in [0.717, 1.165) is 30.5 Å². The molecule has 0 aromatic heterocycles. The summed E-state index contributed by atoms with van der Waals surface area (Å²) in [7, 11) is 1.82. The first kappa shape index (κ1) is 15.1. The highest BCUT2D eigenvalue weighted by molar-refractivity contribution is 5.95. The molecule has 0 radical (unpaired) electrons. The van der Waals surface area contributed by atoms with E-state index >= 15 is 0 Å². The Balaban J connectivity index is 1.61. The van der Waals surface area contributed by atoms with Crippen LogP contribution in [0.15, 0.2) is 18.2 Å². The van der Waals surface area contributed by atoms with Gasteiger partial charge in [0, 0.05) is 31.6 Å². The Morgan fingerprint density at radius 2 is 2.00 bits per heavy atom. The molecule has 4 nitrogen and oxygen atoms in total. The minimum absolute atomic E-state index is 0.172. The first-order chi connectivity index (χ1) is 10.6. The second kappa shape index (κ2) is 6.51. The number of amides is 2. The largest absolute Gasteiger partial charge is 0.352 e. The number of carbonyl (C=O) groups is 2. The van der Waals surface area contributed by atoms with Gasteiger partial charge < -0.3 is 10.2 Å². The lowest BCUT2D eigenvalue weighted by molar-refractivity contribution is -0.126. The van der Waals surface area contributed by atoms with Crippen LogP contribution in [0.1, 0.15) is 49.7 Å². The van der Waals surface area contributed by atoms with Gasteiger partial charge in [-0.15, -0.1) is 0 Å². The van der Waals surface area contributed by atoms with E-state index in [-0.39, 0.29) is 17.7 Å². The molecule has 3 rings (SSSR count). The second-order valence-electron chi connectivity index (χ2n) is 6.47.